The number of nitrogens with zero attached hydrogens (tertiary/aromatic N) is 2. The van der Waals surface area contributed by atoms with Crippen molar-refractivity contribution in [3.8, 4) is 5.75 Å². The third-order valence-electron chi connectivity index (χ3n) is 2.47. The molecule has 6 nitrogen and oxygen atoms in total. The summed E-state index contributed by atoms with van der Waals surface area (Å²) in [4.78, 5) is 28.2. The average Bonchev–Trinajstić information content (AvgIpc) is 2.35. The summed E-state index contributed by atoms with van der Waals surface area (Å²) in [7, 11) is 0. The Morgan fingerprint density at radius 3 is 2.89 bits per heavy atom. The van der Waals surface area contributed by atoms with Crippen LogP contribution >= 0.6 is 0 Å². The predicted molar refractivity (Wildman–Crippen MR) is 68.7 cm³/mol. The Labute approximate surface area is 111 Å². The first-order valence-electron chi connectivity index (χ1n) is 5.99. The largest absolute Gasteiger partial charge is 0.489 e. The number of fused-ring (bicyclic) bond motifs is 1. The van der Waals surface area contributed by atoms with E-state index in [0.29, 0.717) is 30.9 Å². The number of rotatable bonds is 1. The number of aldehydes is 1. The molecule has 1 aliphatic heterocycles. The van der Waals surface area contributed by atoms with Crippen molar-refractivity contribution in [2.45, 2.75) is 26.4 Å². The summed E-state index contributed by atoms with van der Waals surface area (Å²) in [6, 6.07) is 1.51. The van der Waals surface area contributed by atoms with Gasteiger partial charge in [-0.1, -0.05) is 0 Å². The first-order valence-corrected chi connectivity index (χ1v) is 5.99. The average molecular weight is 264 g/mol. The Hall–Kier alpha value is -2.11. The molecule has 0 saturated heterocycles. The standard InChI is InChI=1S/C13H16N2O4/c1-13(2,3)19-12(17)15-4-5-18-11-6-9(8-16)14-7-10(11)15/h6-8H,4-5H2,1-3H3. The monoisotopic (exact) mass is 264 g/mol. The zero-order valence-electron chi connectivity index (χ0n) is 11.2. The molecule has 1 amide bonds. The number of ether oxygens (including phenoxy) is 2. The molecule has 2 heterocycles. The third-order valence-corrected chi connectivity index (χ3v) is 2.47. The van der Waals surface area contributed by atoms with Gasteiger partial charge in [0.05, 0.1) is 12.7 Å². The van der Waals surface area contributed by atoms with Gasteiger partial charge in [-0.25, -0.2) is 4.79 Å². The lowest BCUT2D eigenvalue weighted by Gasteiger charge is -2.31. The van der Waals surface area contributed by atoms with Gasteiger partial charge in [0.15, 0.2) is 6.29 Å². The number of amides is 1. The first kappa shape index (κ1) is 13.3. The number of hydrogen-bond donors (Lipinski definition) is 0. The van der Waals surface area contributed by atoms with Gasteiger partial charge < -0.3 is 9.47 Å². The second-order valence-corrected chi connectivity index (χ2v) is 5.18. The molecule has 0 N–H and O–H groups in total. The van der Waals surface area contributed by atoms with Gasteiger partial charge in [-0.2, -0.15) is 0 Å². The van der Waals surface area contributed by atoms with Crippen LogP contribution in [-0.4, -0.2) is 36.1 Å². The van der Waals surface area contributed by atoms with E-state index in [-0.39, 0.29) is 5.69 Å². The van der Waals surface area contributed by atoms with E-state index < -0.39 is 11.7 Å². The number of anilines is 1. The van der Waals surface area contributed by atoms with Gasteiger partial charge in [0, 0.05) is 6.07 Å². The summed E-state index contributed by atoms with van der Waals surface area (Å²) in [5.41, 5.74) is 0.224. The first-order chi connectivity index (χ1) is 8.90. The van der Waals surface area contributed by atoms with E-state index in [2.05, 4.69) is 4.98 Å². The maximum absolute atomic E-state index is 12.1. The van der Waals surface area contributed by atoms with Crippen LogP contribution in [0.3, 0.4) is 0 Å². The molecular formula is C13H16N2O4. The highest BCUT2D eigenvalue weighted by atomic mass is 16.6. The lowest BCUT2D eigenvalue weighted by atomic mass is 10.2. The number of pyridine rings is 1. The molecule has 0 atom stereocenters. The van der Waals surface area contributed by atoms with E-state index in [9.17, 15) is 9.59 Å². The van der Waals surface area contributed by atoms with E-state index >= 15 is 0 Å². The van der Waals surface area contributed by atoms with Crippen LogP contribution in [-0.2, 0) is 4.74 Å². The Balaban J connectivity index is 2.27. The minimum atomic E-state index is -0.564. The molecule has 2 rings (SSSR count). The van der Waals surface area contributed by atoms with Crippen molar-refractivity contribution in [1.29, 1.82) is 0 Å². The second kappa shape index (κ2) is 4.87. The van der Waals surface area contributed by atoms with Gasteiger partial charge >= 0.3 is 6.09 Å². The Kier molecular flexibility index (Phi) is 3.42. The van der Waals surface area contributed by atoms with Gasteiger partial charge in [-0.3, -0.25) is 14.7 Å². The molecule has 102 valence electrons. The quantitative estimate of drug-likeness (QED) is 0.726. The van der Waals surface area contributed by atoms with Crippen LogP contribution in [0.5, 0.6) is 5.75 Å². The third kappa shape index (κ3) is 3.01. The molecule has 19 heavy (non-hydrogen) atoms. The summed E-state index contributed by atoms with van der Waals surface area (Å²) < 4.78 is 10.8. The highest BCUT2D eigenvalue weighted by molar-refractivity contribution is 5.90. The second-order valence-electron chi connectivity index (χ2n) is 5.18. The van der Waals surface area contributed by atoms with Crippen LogP contribution in [0.2, 0.25) is 0 Å². The zero-order chi connectivity index (χ0) is 14.0. The van der Waals surface area contributed by atoms with Gasteiger partial charge in [-0.15, -0.1) is 0 Å². The van der Waals surface area contributed by atoms with Crippen molar-refractivity contribution < 1.29 is 19.1 Å². The Morgan fingerprint density at radius 1 is 1.53 bits per heavy atom. The molecule has 1 aliphatic rings. The predicted octanol–water partition coefficient (Wildman–Crippen LogP) is 2.03. The molecule has 0 saturated carbocycles. The molecule has 1 aromatic heterocycles. The highest BCUT2D eigenvalue weighted by Crippen LogP contribution is 2.32. The van der Waals surface area contributed by atoms with Crippen LogP contribution in [0.15, 0.2) is 12.3 Å². The minimum Gasteiger partial charge on any atom is -0.489 e. The molecule has 0 radical (unpaired) electrons. The maximum atomic E-state index is 12.1. The van der Waals surface area contributed by atoms with Crippen molar-refractivity contribution >= 4 is 18.1 Å². The normalized spacial score (nSPS) is 14.4. The molecule has 0 fully saturated rings. The van der Waals surface area contributed by atoms with E-state index in [1.165, 1.54) is 17.2 Å². The van der Waals surface area contributed by atoms with Crippen LogP contribution in [0, 0.1) is 0 Å². The van der Waals surface area contributed by atoms with Gasteiger partial charge in [0.1, 0.15) is 29.3 Å². The highest BCUT2D eigenvalue weighted by Gasteiger charge is 2.28. The van der Waals surface area contributed by atoms with Gasteiger partial charge in [-0.05, 0) is 20.8 Å². The summed E-state index contributed by atoms with van der Waals surface area (Å²) in [6.45, 7) is 6.17. The van der Waals surface area contributed by atoms with Crippen molar-refractivity contribution in [3.05, 3.63) is 18.0 Å². The molecule has 0 spiro atoms. The summed E-state index contributed by atoms with van der Waals surface area (Å²) in [6.07, 6.45) is 1.63. The van der Waals surface area contributed by atoms with Crippen LogP contribution in [0.25, 0.3) is 0 Å². The molecular weight excluding hydrogens is 248 g/mol. The number of carbonyl (C=O) groups is 2. The molecule has 0 aliphatic carbocycles. The van der Waals surface area contributed by atoms with E-state index in [4.69, 9.17) is 9.47 Å². The molecule has 0 bridgehead atoms. The number of hydrogen-bond acceptors (Lipinski definition) is 5. The maximum Gasteiger partial charge on any atom is 0.415 e. The summed E-state index contributed by atoms with van der Waals surface area (Å²) in [5.74, 6) is 0.467. The topological polar surface area (TPSA) is 68.7 Å². The SMILES string of the molecule is CC(C)(C)OC(=O)N1CCOc2cc(C=O)ncc21. The van der Waals surface area contributed by atoms with E-state index in [1.807, 2.05) is 0 Å². The lowest BCUT2D eigenvalue weighted by Crippen LogP contribution is -2.41. The van der Waals surface area contributed by atoms with Crippen molar-refractivity contribution in [2.24, 2.45) is 0 Å². The fraction of sp³-hybridized carbons (Fsp3) is 0.462. The summed E-state index contributed by atoms with van der Waals surface area (Å²) in [5, 5.41) is 0. The van der Waals surface area contributed by atoms with Gasteiger partial charge in [0.2, 0.25) is 0 Å². The fourth-order valence-corrected chi connectivity index (χ4v) is 1.70. The molecule has 6 heteroatoms. The fourth-order valence-electron chi connectivity index (χ4n) is 1.70. The number of carbonyl (C=O) groups excluding carboxylic acids is 2. The van der Waals surface area contributed by atoms with E-state index in [1.54, 1.807) is 20.8 Å². The lowest BCUT2D eigenvalue weighted by molar-refractivity contribution is 0.0567. The Morgan fingerprint density at radius 2 is 2.26 bits per heavy atom. The van der Waals surface area contributed by atoms with E-state index in [0.717, 1.165) is 0 Å². The van der Waals surface area contributed by atoms with Crippen molar-refractivity contribution in [3.63, 3.8) is 0 Å². The van der Waals surface area contributed by atoms with Gasteiger partial charge in [0.25, 0.3) is 0 Å². The van der Waals surface area contributed by atoms with Crippen molar-refractivity contribution in [1.82, 2.24) is 4.98 Å². The van der Waals surface area contributed by atoms with Crippen LogP contribution in [0.1, 0.15) is 31.3 Å². The van der Waals surface area contributed by atoms with Crippen LogP contribution in [0.4, 0.5) is 10.5 Å². The summed E-state index contributed by atoms with van der Waals surface area (Å²) >= 11 is 0. The van der Waals surface area contributed by atoms with Crippen molar-refractivity contribution in [2.75, 3.05) is 18.1 Å². The molecule has 0 unspecified atom stereocenters. The molecule has 0 aromatic carbocycles. The van der Waals surface area contributed by atoms with Crippen LogP contribution < -0.4 is 9.64 Å². The zero-order valence-corrected chi connectivity index (χ0v) is 11.2. The minimum absolute atomic E-state index is 0.268. The smallest absolute Gasteiger partial charge is 0.415 e. The Bertz CT molecular complexity index is 508. The molecule has 1 aromatic rings. The number of aromatic nitrogens is 1.